The number of aryl methyl sites for hydroxylation is 2. The Hall–Kier alpha value is -4.23. The van der Waals surface area contributed by atoms with E-state index in [0.717, 1.165) is 16.7 Å². The minimum Gasteiger partial charge on any atom is -0.457 e. The quantitative estimate of drug-likeness (QED) is 0.279. The highest BCUT2D eigenvalue weighted by atomic mass is 35.5. The fraction of sp³-hybridized carbons (Fsp3) is 0.0741. The van der Waals surface area contributed by atoms with Crippen molar-refractivity contribution in [3.8, 4) is 17.0 Å². The first kappa shape index (κ1) is 22.6. The lowest BCUT2D eigenvalue weighted by Gasteiger charge is -2.05. The molecule has 0 aliphatic heterocycles. The molecule has 0 fully saturated rings. The van der Waals surface area contributed by atoms with Crippen molar-refractivity contribution in [2.45, 2.75) is 13.8 Å². The summed E-state index contributed by atoms with van der Waals surface area (Å²) in [5, 5.41) is 12.4. The first-order valence-electron chi connectivity index (χ1n) is 10.8. The maximum Gasteiger partial charge on any atom is 0.248 e. The standard InChI is InChI=1S/C27H20ClFN4O2/c1-16-3-4-18(14-22(16)28)26-11-9-21(35-26)10-12-27(34)30-23-15-25-24(13-17(23)2)31-33(32-25)20-7-5-19(29)6-8-20/h3-15H,1-2H3,(H,30,34)/b12-10+. The first-order valence-corrected chi connectivity index (χ1v) is 11.2. The van der Waals surface area contributed by atoms with E-state index in [1.807, 2.05) is 44.2 Å². The number of nitrogens with zero attached hydrogens (tertiary/aromatic N) is 3. The number of rotatable bonds is 5. The Balaban J connectivity index is 1.31. The second kappa shape index (κ2) is 9.19. The van der Waals surface area contributed by atoms with Gasteiger partial charge in [0, 0.05) is 22.3 Å². The number of nitrogens with one attached hydrogen (secondary N) is 1. The second-order valence-electron chi connectivity index (χ2n) is 8.11. The normalized spacial score (nSPS) is 11.4. The fourth-order valence-corrected chi connectivity index (χ4v) is 3.75. The molecule has 0 spiro atoms. The highest BCUT2D eigenvalue weighted by Crippen LogP contribution is 2.27. The molecule has 6 nitrogen and oxygen atoms in total. The van der Waals surface area contributed by atoms with E-state index in [2.05, 4.69) is 15.5 Å². The van der Waals surface area contributed by atoms with E-state index in [-0.39, 0.29) is 11.7 Å². The molecule has 5 aromatic rings. The molecule has 2 heterocycles. The van der Waals surface area contributed by atoms with Crippen LogP contribution in [-0.2, 0) is 4.79 Å². The van der Waals surface area contributed by atoms with Gasteiger partial charge in [-0.1, -0.05) is 23.7 Å². The van der Waals surface area contributed by atoms with Crippen molar-refractivity contribution >= 4 is 40.3 Å². The Morgan fingerprint density at radius 1 is 0.971 bits per heavy atom. The van der Waals surface area contributed by atoms with Crippen LogP contribution >= 0.6 is 11.6 Å². The molecule has 0 aliphatic carbocycles. The molecule has 5 rings (SSSR count). The largest absolute Gasteiger partial charge is 0.457 e. The van der Waals surface area contributed by atoms with E-state index in [1.165, 1.54) is 23.0 Å². The monoisotopic (exact) mass is 486 g/mol. The molecule has 0 radical (unpaired) electrons. The smallest absolute Gasteiger partial charge is 0.248 e. The van der Waals surface area contributed by atoms with Gasteiger partial charge in [-0.2, -0.15) is 4.80 Å². The van der Waals surface area contributed by atoms with Gasteiger partial charge < -0.3 is 9.73 Å². The van der Waals surface area contributed by atoms with E-state index in [0.29, 0.717) is 39.0 Å². The zero-order chi connectivity index (χ0) is 24.5. The number of furan rings is 1. The summed E-state index contributed by atoms with van der Waals surface area (Å²) >= 11 is 6.21. The zero-order valence-corrected chi connectivity index (χ0v) is 19.7. The van der Waals surface area contributed by atoms with E-state index < -0.39 is 0 Å². The van der Waals surface area contributed by atoms with Crippen LogP contribution in [0, 0.1) is 19.7 Å². The molecule has 35 heavy (non-hydrogen) atoms. The van der Waals surface area contributed by atoms with E-state index in [4.69, 9.17) is 16.0 Å². The highest BCUT2D eigenvalue weighted by Gasteiger charge is 2.11. The average Bonchev–Trinajstić information content (AvgIpc) is 3.47. The lowest BCUT2D eigenvalue weighted by atomic mass is 10.1. The summed E-state index contributed by atoms with van der Waals surface area (Å²) < 4.78 is 19.0. The van der Waals surface area contributed by atoms with Crippen LogP contribution in [0.25, 0.3) is 34.1 Å². The van der Waals surface area contributed by atoms with E-state index in [9.17, 15) is 9.18 Å². The van der Waals surface area contributed by atoms with Crippen LogP contribution in [0.5, 0.6) is 0 Å². The number of hydrogen-bond donors (Lipinski definition) is 1. The summed E-state index contributed by atoms with van der Waals surface area (Å²) in [6.45, 7) is 3.81. The maximum absolute atomic E-state index is 13.2. The number of carbonyl (C=O) groups is 1. The third-order valence-electron chi connectivity index (χ3n) is 5.52. The summed E-state index contributed by atoms with van der Waals surface area (Å²) in [5.74, 6) is 0.568. The number of aromatic nitrogens is 3. The zero-order valence-electron chi connectivity index (χ0n) is 18.9. The van der Waals surface area contributed by atoms with Gasteiger partial charge in [0.25, 0.3) is 0 Å². The fourth-order valence-electron chi connectivity index (χ4n) is 3.57. The molecular formula is C27H20ClFN4O2. The van der Waals surface area contributed by atoms with Gasteiger partial charge in [0.2, 0.25) is 5.91 Å². The SMILES string of the molecule is Cc1ccc(-c2ccc(/C=C/C(=O)Nc3cc4nn(-c5ccc(F)cc5)nc4cc3C)o2)cc1Cl. The van der Waals surface area contributed by atoms with Crippen LogP contribution in [0.1, 0.15) is 16.9 Å². The number of benzene rings is 3. The predicted molar refractivity (Wildman–Crippen MR) is 135 cm³/mol. The number of carbonyl (C=O) groups excluding carboxylic acids is 1. The van der Waals surface area contributed by atoms with Crippen LogP contribution < -0.4 is 5.32 Å². The predicted octanol–water partition coefficient (Wildman–Crippen LogP) is 6.74. The molecule has 0 aliphatic rings. The van der Waals surface area contributed by atoms with Crippen molar-refractivity contribution in [3.63, 3.8) is 0 Å². The van der Waals surface area contributed by atoms with Crippen LogP contribution in [-0.4, -0.2) is 20.9 Å². The summed E-state index contributed by atoms with van der Waals surface area (Å²) in [5.41, 5.74) is 5.22. The Kier molecular flexibility index (Phi) is 5.93. The summed E-state index contributed by atoms with van der Waals surface area (Å²) in [7, 11) is 0. The number of hydrogen-bond acceptors (Lipinski definition) is 4. The van der Waals surface area contributed by atoms with Gasteiger partial charge in [0.1, 0.15) is 28.4 Å². The Bertz CT molecular complexity index is 1590. The van der Waals surface area contributed by atoms with Gasteiger partial charge in [-0.3, -0.25) is 4.79 Å². The Labute approximate surface area is 205 Å². The molecule has 3 aromatic carbocycles. The van der Waals surface area contributed by atoms with Crippen LogP contribution in [0.2, 0.25) is 5.02 Å². The van der Waals surface area contributed by atoms with E-state index >= 15 is 0 Å². The highest BCUT2D eigenvalue weighted by molar-refractivity contribution is 6.31. The van der Waals surface area contributed by atoms with Crippen LogP contribution in [0.3, 0.4) is 0 Å². The van der Waals surface area contributed by atoms with Crippen LogP contribution in [0.15, 0.2) is 77.2 Å². The van der Waals surface area contributed by atoms with Crippen molar-refractivity contribution in [1.82, 2.24) is 15.0 Å². The van der Waals surface area contributed by atoms with Crippen molar-refractivity contribution in [1.29, 1.82) is 0 Å². The van der Waals surface area contributed by atoms with Gasteiger partial charge in [-0.25, -0.2) is 4.39 Å². The molecule has 0 atom stereocenters. The summed E-state index contributed by atoms with van der Waals surface area (Å²) in [6, 6.07) is 18.8. The van der Waals surface area contributed by atoms with Crippen molar-refractivity contribution < 1.29 is 13.6 Å². The number of halogens is 2. The lowest BCUT2D eigenvalue weighted by molar-refractivity contribution is -0.111. The molecular weight excluding hydrogens is 467 g/mol. The van der Waals surface area contributed by atoms with Gasteiger partial charge in [-0.05, 0) is 85.6 Å². The van der Waals surface area contributed by atoms with Crippen LogP contribution in [0.4, 0.5) is 10.1 Å². The molecule has 0 bridgehead atoms. The second-order valence-corrected chi connectivity index (χ2v) is 8.52. The van der Waals surface area contributed by atoms with Gasteiger partial charge in [0.15, 0.2) is 0 Å². The van der Waals surface area contributed by atoms with Crippen molar-refractivity contribution in [3.05, 3.63) is 101 Å². The summed E-state index contributed by atoms with van der Waals surface area (Å²) in [6.07, 6.45) is 3.01. The molecule has 174 valence electrons. The molecule has 1 amide bonds. The minimum atomic E-state index is -0.329. The maximum atomic E-state index is 13.2. The molecule has 0 unspecified atom stereocenters. The lowest BCUT2D eigenvalue weighted by Crippen LogP contribution is -2.08. The molecule has 1 N–H and O–H groups in total. The van der Waals surface area contributed by atoms with Crippen molar-refractivity contribution in [2.24, 2.45) is 0 Å². The number of fused-ring (bicyclic) bond motifs is 1. The van der Waals surface area contributed by atoms with E-state index in [1.54, 1.807) is 30.3 Å². The molecule has 0 saturated heterocycles. The Morgan fingerprint density at radius 2 is 1.71 bits per heavy atom. The molecule has 0 saturated carbocycles. The minimum absolute atomic E-state index is 0.310. The molecule has 2 aromatic heterocycles. The first-order chi connectivity index (χ1) is 16.9. The topological polar surface area (TPSA) is 73.0 Å². The molecule has 8 heteroatoms. The van der Waals surface area contributed by atoms with Gasteiger partial charge >= 0.3 is 0 Å². The third-order valence-corrected chi connectivity index (χ3v) is 5.93. The Morgan fingerprint density at radius 3 is 2.46 bits per heavy atom. The van der Waals surface area contributed by atoms with Gasteiger partial charge in [0.05, 0.1) is 5.69 Å². The van der Waals surface area contributed by atoms with Gasteiger partial charge in [-0.15, -0.1) is 10.2 Å². The average molecular weight is 487 g/mol. The number of amides is 1. The summed E-state index contributed by atoms with van der Waals surface area (Å²) in [4.78, 5) is 14.0. The number of anilines is 1. The van der Waals surface area contributed by atoms with Crippen molar-refractivity contribution in [2.75, 3.05) is 5.32 Å². The third kappa shape index (κ3) is 4.85.